The molecule has 0 heterocycles. The molecule has 0 aliphatic carbocycles. The molecule has 0 atom stereocenters. The second-order valence-electron chi connectivity index (χ2n) is 5.81. The van der Waals surface area contributed by atoms with Crippen molar-refractivity contribution < 1.29 is 14.7 Å². The summed E-state index contributed by atoms with van der Waals surface area (Å²) < 4.78 is 0. The highest BCUT2D eigenvalue weighted by molar-refractivity contribution is 5.94. The number of rotatable bonds is 4. The van der Waals surface area contributed by atoms with E-state index >= 15 is 0 Å². The first-order valence-electron chi connectivity index (χ1n) is 6.58. The maximum atomic E-state index is 11.9. The Balaban J connectivity index is 2.44. The molecule has 0 fully saturated rings. The predicted molar refractivity (Wildman–Crippen MR) is 77.7 cm³/mol. The maximum absolute atomic E-state index is 11.9. The van der Waals surface area contributed by atoms with Crippen molar-refractivity contribution in [1.82, 2.24) is 10.6 Å². The predicted octanol–water partition coefficient (Wildman–Crippen LogP) is 1.74. The van der Waals surface area contributed by atoms with E-state index in [1.165, 1.54) is 6.07 Å². The Morgan fingerprint density at radius 1 is 1.25 bits per heavy atom. The van der Waals surface area contributed by atoms with E-state index in [2.05, 4.69) is 10.6 Å². The Hall–Kier alpha value is -2.04. The molecule has 0 aromatic heterocycles. The number of aromatic hydroxyl groups is 1. The van der Waals surface area contributed by atoms with Gasteiger partial charge in [-0.15, -0.1) is 0 Å². The lowest BCUT2D eigenvalue weighted by molar-refractivity contribution is -0.122. The SMILES string of the molecule is Cc1cc(C(=O)NCCC(=O)NC(C)(C)C)ccc1O. The average molecular weight is 278 g/mol. The lowest BCUT2D eigenvalue weighted by atomic mass is 10.1. The molecule has 2 amide bonds. The van der Waals surface area contributed by atoms with Crippen molar-refractivity contribution in [1.29, 1.82) is 0 Å². The Labute approximate surface area is 119 Å². The standard InChI is InChI=1S/C15H22N2O3/c1-10-9-11(5-6-12(10)18)14(20)16-8-7-13(19)17-15(2,3)4/h5-6,9,18H,7-8H2,1-4H3,(H,16,20)(H,17,19). The summed E-state index contributed by atoms with van der Waals surface area (Å²) in [6, 6.07) is 4.64. The third kappa shape index (κ3) is 5.30. The number of amides is 2. The summed E-state index contributed by atoms with van der Waals surface area (Å²) in [6.07, 6.45) is 0.236. The maximum Gasteiger partial charge on any atom is 0.251 e. The highest BCUT2D eigenvalue weighted by Gasteiger charge is 2.14. The van der Waals surface area contributed by atoms with E-state index in [0.717, 1.165) is 0 Å². The summed E-state index contributed by atoms with van der Waals surface area (Å²) in [5, 5.41) is 14.9. The van der Waals surface area contributed by atoms with E-state index in [1.54, 1.807) is 19.1 Å². The first kappa shape index (κ1) is 16.0. The molecule has 5 nitrogen and oxygen atoms in total. The van der Waals surface area contributed by atoms with Gasteiger partial charge in [0, 0.05) is 24.1 Å². The number of phenols is 1. The fourth-order valence-corrected chi connectivity index (χ4v) is 1.67. The quantitative estimate of drug-likeness (QED) is 0.785. The molecule has 1 aromatic rings. The summed E-state index contributed by atoms with van der Waals surface area (Å²) >= 11 is 0. The van der Waals surface area contributed by atoms with Gasteiger partial charge in [-0.3, -0.25) is 9.59 Å². The van der Waals surface area contributed by atoms with Crippen LogP contribution in [0.25, 0.3) is 0 Å². The number of aryl methyl sites for hydroxylation is 1. The summed E-state index contributed by atoms with van der Waals surface area (Å²) in [5.41, 5.74) is 0.842. The largest absolute Gasteiger partial charge is 0.508 e. The van der Waals surface area contributed by atoms with Crippen LogP contribution in [0.15, 0.2) is 18.2 Å². The van der Waals surface area contributed by atoms with Crippen LogP contribution in [-0.4, -0.2) is 29.0 Å². The van der Waals surface area contributed by atoms with Crippen molar-refractivity contribution >= 4 is 11.8 Å². The first-order chi connectivity index (χ1) is 9.19. The average Bonchev–Trinajstić information content (AvgIpc) is 2.30. The van der Waals surface area contributed by atoms with Gasteiger partial charge < -0.3 is 15.7 Å². The van der Waals surface area contributed by atoms with Crippen LogP contribution < -0.4 is 10.6 Å². The summed E-state index contributed by atoms with van der Waals surface area (Å²) in [4.78, 5) is 23.4. The van der Waals surface area contributed by atoms with Crippen LogP contribution in [0, 0.1) is 6.92 Å². The number of benzene rings is 1. The van der Waals surface area contributed by atoms with E-state index in [9.17, 15) is 14.7 Å². The second kappa shape index (κ2) is 6.41. The Bertz CT molecular complexity index is 504. The molecular formula is C15H22N2O3. The van der Waals surface area contributed by atoms with Crippen molar-refractivity contribution in [2.75, 3.05) is 6.54 Å². The molecule has 0 saturated heterocycles. The second-order valence-corrected chi connectivity index (χ2v) is 5.81. The number of hydrogen-bond donors (Lipinski definition) is 3. The van der Waals surface area contributed by atoms with Crippen LogP contribution in [0.5, 0.6) is 5.75 Å². The summed E-state index contributed by atoms with van der Waals surface area (Å²) in [6.45, 7) is 7.72. The topological polar surface area (TPSA) is 78.4 Å². The molecule has 1 aromatic carbocycles. The van der Waals surface area contributed by atoms with E-state index in [4.69, 9.17) is 0 Å². The first-order valence-corrected chi connectivity index (χ1v) is 6.58. The van der Waals surface area contributed by atoms with Crippen LogP contribution in [-0.2, 0) is 4.79 Å². The smallest absolute Gasteiger partial charge is 0.251 e. The minimum Gasteiger partial charge on any atom is -0.508 e. The normalized spacial score (nSPS) is 11.0. The Morgan fingerprint density at radius 2 is 1.90 bits per heavy atom. The molecule has 1 rings (SSSR count). The fourth-order valence-electron chi connectivity index (χ4n) is 1.67. The zero-order valence-corrected chi connectivity index (χ0v) is 12.4. The lowest BCUT2D eigenvalue weighted by Crippen LogP contribution is -2.41. The van der Waals surface area contributed by atoms with Crippen LogP contribution in [0.3, 0.4) is 0 Å². The Morgan fingerprint density at radius 3 is 2.45 bits per heavy atom. The summed E-state index contributed by atoms with van der Waals surface area (Å²) in [5.74, 6) is -0.192. The molecule has 110 valence electrons. The van der Waals surface area contributed by atoms with Gasteiger partial charge in [0.05, 0.1) is 0 Å². The van der Waals surface area contributed by atoms with Crippen molar-refractivity contribution in [3.8, 4) is 5.75 Å². The third-order valence-electron chi connectivity index (χ3n) is 2.61. The molecule has 0 unspecified atom stereocenters. The van der Waals surface area contributed by atoms with Gasteiger partial charge in [0.25, 0.3) is 5.91 Å². The van der Waals surface area contributed by atoms with E-state index in [1.807, 2.05) is 20.8 Å². The molecule has 0 aliphatic rings. The van der Waals surface area contributed by atoms with Gasteiger partial charge >= 0.3 is 0 Å². The minimum atomic E-state index is -0.269. The van der Waals surface area contributed by atoms with Crippen LogP contribution in [0.4, 0.5) is 0 Å². The van der Waals surface area contributed by atoms with Gasteiger partial charge in [-0.25, -0.2) is 0 Å². The lowest BCUT2D eigenvalue weighted by Gasteiger charge is -2.20. The molecule has 0 spiro atoms. The van der Waals surface area contributed by atoms with Crippen LogP contribution in [0.2, 0.25) is 0 Å². The Kier molecular flexibility index (Phi) is 5.13. The number of nitrogens with one attached hydrogen (secondary N) is 2. The zero-order chi connectivity index (χ0) is 15.3. The van der Waals surface area contributed by atoms with Gasteiger partial charge in [0.15, 0.2) is 0 Å². The van der Waals surface area contributed by atoms with Crippen LogP contribution in [0.1, 0.15) is 43.1 Å². The fraction of sp³-hybridized carbons (Fsp3) is 0.467. The van der Waals surface area contributed by atoms with Crippen molar-refractivity contribution in [2.45, 2.75) is 39.7 Å². The zero-order valence-electron chi connectivity index (χ0n) is 12.4. The monoisotopic (exact) mass is 278 g/mol. The molecule has 0 aliphatic heterocycles. The highest BCUT2D eigenvalue weighted by Crippen LogP contribution is 2.16. The molecule has 0 saturated carbocycles. The minimum absolute atomic E-state index is 0.0975. The van der Waals surface area contributed by atoms with Crippen molar-refractivity contribution in [3.05, 3.63) is 29.3 Å². The highest BCUT2D eigenvalue weighted by atomic mass is 16.3. The number of phenolic OH excluding ortho intramolecular Hbond substituents is 1. The van der Waals surface area contributed by atoms with E-state index < -0.39 is 0 Å². The van der Waals surface area contributed by atoms with Crippen LogP contribution >= 0.6 is 0 Å². The number of hydrogen-bond acceptors (Lipinski definition) is 3. The van der Waals surface area contributed by atoms with Gasteiger partial charge in [-0.1, -0.05) is 0 Å². The molecule has 3 N–H and O–H groups in total. The molecule has 0 radical (unpaired) electrons. The number of carbonyl (C=O) groups is 2. The van der Waals surface area contributed by atoms with Gasteiger partial charge in [-0.05, 0) is 51.5 Å². The van der Waals surface area contributed by atoms with E-state index in [0.29, 0.717) is 11.1 Å². The molecule has 0 bridgehead atoms. The summed E-state index contributed by atoms with van der Waals surface area (Å²) in [7, 11) is 0. The van der Waals surface area contributed by atoms with Gasteiger partial charge in [0.2, 0.25) is 5.91 Å². The molecule has 5 heteroatoms. The third-order valence-corrected chi connectivity index (χ3v) is 2.61. The number of carbonyl (C=O) groups excluding carboxylic acids is 2. The molecular weight excluding hydrogens is 256 g/mol. The van der Waals surface area contributed by atoms with Gasteiger partial charge in [0.1, 0.15) is 5.75 Å². The molecule has 20 heavy (non-hydrogen) atoms. The van der Waals surface area contributed by atoms with Crippen molar-refractivity contribution in [3.63, 3.8) is 0 Å². The van der Waals surface area contributed by atoms with Gasteiger partial charge in [-0.2, -0.15) is 0 Å². The van der Waals surface area contributed by atoms with Crippen molar-refractivity contribution in [2.24, 2.45) is 0 Å². The van der Waals surface area contributed by atoms with E-state index in [-0.39, 0.29) is 36.1 Å².